The van der Waals surface area contributed by atoms with E-state index in [0.29, 0.717) is 34.8 Å². The van der Waals surface area contributed by atoms with Crippen LogP contribution in [0.15, 0.2) is 51.9 Å². The predicted octanol–water partition coefficient (Wildman–Crippen LogP) is 4.52. The van der Waals surface area contributed by atoms with Gasteiger partial charge < -0.3 is 13.7 Å². The molecule has 9 heteroatoms. The van der Waals surface area contributed by atoms with Crippen LogP contribution in [0.3, 0.4) is 0 Å². The smallest absolute Gasteiger partial charge is 0.315 e. The number of aryl methyl sites for hydroxylation is 1. The highest BCUT2D eigenvalue weighted by molar-refractivity contribution is 7.16. The summed E-state index contributed by atoms with van der Waals surface area (Å²) in [5, 5.41) is 11.8. The molecule has 0 aliphatic rings. The molecule has 148 valence electrons. The van der Waals surface area contributed by atoms with Crippen LogP contribution in [0.5, 0.6) is 5.75 Å². The second-order valence-corrected chi connectivity index (χ2v) is 7.18. The van der Waals surface area contributed by atoms with Crippen LogP contribution >= 0.6 is 11.3 Å². The number of benzene rings is 2. The number of nitro groups is 1. The first-order valence-corrected chi connectivity index (χ1v) is 9.85. The summed E-state index contributed by atoms with van der Waals surface area (Å²) in [7, 11) is 0. The number of carbonyl (C=O) groups excluding carboxylic acids is 1. The molecule has 0 saturated carbocycles. The lowest BCUT2D eigenvalue weighted by atomic mass is 10.2. The molecule has 4 aromatic rings. The van der Waals surface area contributed by atoms with Gasteiger partial charge in [0.2, 0.25) is 0 Å². The van der Waals surface area contributed by atoms with Gasteiger partial charge in [0.1, 0.15) is 0 Å². The van der Waals surface area contributed by atoms with E-state index in [-0.39, 0.29) is 11.4 Å². The van der Waals surface area contributed by atoms with E-state index in [4.69, 9.17) is 9.15 Å². The molecule has 0 bridgehead atoms. The number of para-hydroxylation sites is 1. The van der Waals surface area contributed by atoms with Crippen molar-refractivity contribution in [1.82, 2.24) is 4.57 Å². The van der Waals surface area contributed by atoms with E-state index in [2.05, 4.69) is 4.99 Å². The molecule has 29 heavy (non-hydrogen) atoms. The number of thiazole rings is 1. The van der Waals surface area contributed by atoms with Gasteiger partial charge in [0.05, 0.1) is 21.7 Å². The van der Waals surface area contributed by atoms with Crippen LogP contribution in [0.4, 0.5) is 5.69 Å². The SMILES string of the molecule is CCOc1cccc2cc(C(=O)N=c3sc4ccc([N+](=O)[O-])cc4n3CC)oc12. The van der Waals surface area contributed by atoms with Crippen LogP contribution in [-0.4, -0.2) is 22.0 Å². The Morgan fingerprint density at radius 2 is 2.10 bits per heavy atom. The third kappa shape index (κ3) is 3.40. The fourth-order valence-corrected chi connectivity index (χ4v) is 4.19. The molecule has 0 saturated heterocycles. The van der Waals surface area contributed by atoms with E-state index in [9.17, 15) is 14.9 Å². The maximum Gasteiger partial charge on any atom is 0.315 e. The van der Waals surface area contributed by atoms with Crippen molar-refractivity contribution in [1.29, 1.82) is 0 Å². The van der Waals surface area contributed by atoms with Crippen LogP contribution in [0, 0.1) is 10.1 Å². The Morgan fingerprint density at radius 1 is 1.28 bits per heavy atom. The maximum absolute atomic E-state index is 12.8. The Morgan fingerprint density at radius 3 is 2.83 bits per heavy atom. The Bertz CT molecular complexity index is 1310. The average molecular weight is 411 g/mol. The molecule has 0 N–H and O–H groups in total. The predicted molar refractivity (Wildman–Crippen MR) is 109 cm³/mol. The number of ether oxygens (including phenoxy) is 1. The van der Waals surface area contributed by atoms with Crippen molar-refractivity contribution >= 4 is 44.1 Å². The molecule has 1 amide bonds. The molecule has 0 radical (unpaired) electrons. The fourth-order valence-electron chi connectivity index (χ4n) is 3.11. The second kappa shape index (κ2) is 7.51. The number of hydrogen-bond donors (Lipinski definition) is 0. The minimum Gasteiger partial charge on any atom is -0.490 e. The number of furan rings is 1. The first-order valence-electron chi connectivity index (χ1n) is 9.04. The Kier molecular flexibility index (Phi) is 4.89. The Labute approximate surface area is 168 Å². The number of nitrogens with zero attached hydrogens (tertiary/aromatic N) is 3. The highest BCUT2D eigenvalue weighted by atomic mass is 32.1. The molecule has 4 rings (SSSR count). The number of hydrogen-bond acceptors (Lipinski definition) is 6. The highest BCUT2D eigenvalue weighted by Crippen LogP contribution is 2.29. The topological polar surface area (TPSA) is 99.9 Å². The van der Waals surface area contributed by atoms with Crippen LogP contribution in [0.25, 0.3) is 21.2 Å². The van der Waals surface area contributed by atoms with E-state index in [1.165, 1.54) is 23.5 Å². The van der Waals surface area contributed by atoms with Crippen LogP contribution in [0.2, 0.25) is 0 Å². The largest absolute Gasteiger partial charge is 0.490 e. The lowest BCUT2D eigenvalue weighted by Gasteiger charge is -2.02. The number of non-ortho nitro benzene ring substituents is 1. The highest BCUT2D eigenvalue weighted by Gasteiger charge is 2.16. The number of rotatable bonds is 5. The molecule has 0 unspecified atom stereocenters. The zero-order chi connectivity index (χ0) is 20.5. The van der Waals surface area contributed by atoms with Crippen LogP contribution in [0.1, 0.15) is 24.4 Å². The summed E-state index contributed by atoms with van der Waals surface area (Å²) in [5.74, 6) is 0.159. The van der Waals surface area contributed by atoms with E-state index in [1.807, 2.05) is 26.0 Å². The molecular formula is C20H17N3O5S. The van der Waals surface area contributed by atoms with Gasteiger partial charge in [-0.05, 0) is 32.0 Å². The van der Waals surface area contributed by atoms with Gasteiger partial charge in [-0.2, -0.15) is 4.99 Å². The van der Waals surface area contributed by atoms with Crippen molar-refractivity contribution < 1.29 is 18.9 Å². The van der Waals surface area contributed by atoms with Crippen molar-refractivity contribution in [3.8, 4) is 5.75 Å². The van der Waals surface area contributed by atoms with Crippen molar-refractivity contribution in [2.45, 2.75) is 20.4 Å². The quantitative estimate of drug-likeness (QED) is 0.355. The first kappa shape index (κ1) is 18.9. The third-order valence-corrected chi connectivity index (χ3v) is 5.47. The van der Waals surface area contributed by atoms with E-state index >= 15 is 0 Å². The Hall–Kier alpha value is -3.46. The summed E-state index contributed by atoms with van der Waals surface area (Å²) in [5.41, 5.74) is 1.17. The minimum absolute atomic E-state index is 0.00360. The van der Waals surface area contributed by atoms with Gasteiger partial charge >= 0.3 is 5.91 Å². The van der Waals surface area contributed by atoms with Gasteiger partial charge in [0.25, 0.3) is 5.69 Å². The summed E-state index contributed by atoms with van der Waals surface area (Å²) in [6, 6.07) is 11.7. The molecule has 2 aromatic carbocycles. The molecule has 0 aliphatic carbocycles. The van der Waals surface area contributed by atoms with E-state index in [0.717, 1.165) is 10.1 Å². The van der Waals surface area contributed by atoms with Crippen molar-refractivity contribution in [3.05, 3.63) is 63.1 Å². The van der Waals surface area contributed by atoms with Crippen molar-refractivity contribution in [3.63, 3.8) is 0 Å². The fraction of sp³-hybridized carbons (Fsp3) is 0.200. The second-order valence-electron chi connectivity index (χ2n) is 6.17. The molecular weight excluding hydrogens is 394 g/mol. The average Bonchev–Trinajstić information content (AvgIpc) is 3.29. The van der Waals surface area contributed by atoms with E-state index < -0.39 is 10.8 Å². The lowest BCUT2D eigenvalue weighted by molar-refractivity contribution is -0.384. The van der Waals surface area contributed by atoms with Gasteiger partial charge in [-0.3, -0.25) is 14.9 Å². The number of carbonyl (C=O) groups is 1. The van der Waals surface area contributed by atoms with Crippen LogP contribution in [-0.2, 0) is 6.54 Å². The number of fused-ring (bicyclic) bond motifs is 2. The number of amides is 1. The summed E-state index contributed by atoms with van der Waals surface area (Å²) in [4.78, 5) is 28.1. The van der Waals surface area contributed by atoms with Gasteiger partial charge in [0, 0.05) is 24.1 Å². The number of nitro benzene ring substituents is 1. The molecule has 0 fully saturated rings. The molecule has 0 atom stereocenters. The monoisotopic (exact) mass is 411 g/mol. The van der Waals surface area contributed by atoms with Gasteiger partial charge in [0.15, 0.2) is 21.9 Å². The molecule has 0 spiro atoms. The summed E-state index contributed by atoms with van der Waals surface area (Å²) < 4.78 is 13.9. The lowest BCUT2D eigenvalue weighted by Crippen LogP contribution is -2.15. The molecule has 2 heterocycles. The molecule has 0 aliphatic heterocycles. The third-order valence-electron chi connectivity index (χ3n) is 4.41. The summed E-state index contributed by atoms with van der Waals surface area (Å²) in [6.45, 7) is 4.77. The van der Waals surface area contributed by atoms with Crippen LogP contribution < -0.4 is 9.54 Å². The summed E-state index contributed by atoms with van der Waals surface area (Å²) >= 11 is 1.30. The van der Waals surface area contributed by atoms with Gasteiger partial charge in [-0.25, -0.2) is 0 Å². The van der Waals surface area contributed by atoms with Crippen molar-refractivity contribution in [2.75, 3.05) is 6.61 Å². The number of aromatic nitrogens is 1. The zero-order valence-corrected chi connectivity index (χ0v) is 16.6. The van der Waals surface area contributed by atoms with E-state index in [1.54, 1.807) is 22.8 Å². The van der Waals surface area contributed by atoms with Gasteiger partial charge in [-0.1, -0.05) is 23.5 Å². The van der Waals surface area contributed by atoms with Gasteiger partial charge in [-0.15, -0.1) is 0 Å². The minimum atomic E-state index is -0.521. The zero-order valence-electron chi connectivity index (χ0n) is 15.7. The molecule has 2 aromatic heterocycles. The van der Waals surface area contributed by atoms with Crippen molar-refractivity contribution in [2.24, 2.45) is 4.99 Å². The maximum atomic E-state index is 12.8. The summed E-state index contributed by atoms with van der Waals surface area (Å²) in [6.07, 6.45) is 0. The first-order chi connectivity index (χ1) is 14.0. The normalized spacial score (nSPS) is 12.0. The molecule has 8 nitrogen and oxygen atoms in total. The Balaban J connectivity index is 1.80. The standard InChI is InChI=1S/C20H17N3O5S/c1-3-22-14-11-13(23(25)26)8-9-17(14)29-20(22)21-19(24)16-10-12-6-5-7-15(27-4-2)18(12)28-16/h5-11H,3-4H2,1-2H3.